The summed E-state index contributed by atoms with van der Waals surface area (Å²) < 4.78 is 32.1. The number of hydrogen-bond donors (Lipinski definition) is 0. The fraction of sp³-hybridized carbons (Fsp3) is 0.562. The van der Waals surface area contributed by atoms with Crippen molar-refractivity contribution in [2.75, 3.05) is 20.2 Å². The second-order valence-corrected chi connectivity index (χ2v) is 7.73. The van der Waals surface area contributed by atoms with Gasteiger partial charge in [0.1, 0.15) is 0 Å². The molecule has 0 N–H and O–H groups in total. The van der Waals surface area contributed by atoms with E-state index in [9.17, 15) is 13.2 Å². The SMILES string of the molecule is CC(=O)c1cccc(S(=O)(=O)N(C)CCC2CCCCO2)c1. The number of hydrogen-bond acceptors (Lipinski definition) is 4. The number of ketones is 1. The molecule has 1 unspecified atom stereocenters. The fourth-order valence-corrected chi connectivity index (χ4v) is 3.77. The molecule has 1 aliphatic rings. The second-order valence-electron chi connectivity index (χ2n) is 5.69. The Balaban J connectivity index is 2.05. The molecule has 2 rings (SSSR count). The lowest BCUT2D eigenvalue weighted by Crippen LogP contribution is -2.31. The number of nitrogens with zero attached hydrogens (tertiary/aromatic N) is 1. The molecular weight excluding hydrogens is 302 g/mol. The van der Waals surface area contributed by atoms with Crippen LogP contribution in [0.4, 0.5) is 0 Å². The molecule has 1 atom stereocenters. The van der Waals surface area contributed by atoms with E-state index >= 15 is 0 Å². The van der Waals surface area contributed by atoms with Gasteiger partial charge in [0, 0.05) is 25.8 Å². The zero-order chi connectivity index (χ0) is 16.2. The molecule has 1 heterocycles. The lowest BCUT2D eigenvalue weighted by molar-refractivity contribution is 0.00950. The molecule has 1 aliphatic heterocycles. The first-order valence-corrected chi connectivity index (χ1v) is 9.04. The summed E-state index contributed by atoms with van der Waals surface area (Å²) in [5.74, 6) is -0.143. The third kappa shape index (κ3) is 4.15. The first-order chi connectivity index (χ1) is 10.4. The molecule has 122 valence electrons. The van der Waals surface area contributed by atoms with Crippen LogP contribution in [0.1, 0.15) is 43.0 Å². The van der Waals surface area contributed by atoms with Crippen LogP contribution in [0.5, 0.6) is 0 Å². The molecule has 0 aliphatic carbocycles. The third-order valence-electron chi connectivity index (χ3n) is 3.99. The van der Waals surface area contributed by atoms with E-state index in [-0.39, 0.29) is 16.8 Å². The molecule has 0 radical (unpaired) electrons. The van der Waals surface area contributed by atoms with Gasteiger partial charge in [0.15, 0.2) is 5.78 Å². The van der Waals surface area contributed by atoms with Crippen molar-refractivity contribution in [3.63, 3.8) is 0 Å². The molecule has 1 aromatic carbocycles. The fourth-order valence-electron chi connectivity index (χ4n) is 2.54. The van der Waals surface area contributed by atoms with Gasteiger partial charge in [-0.2, -0.15) is 0 Å². The number of carbonyl (C=O) groups is 1. The minimum atomic E-state index is -3.57. The van der Waals surface area contributed by atoms with Crippen molar-refractivity contribution in [2.45, 2.75) is 43.6 Å². The predicted octanol–water partition coefficient (Wildman–Crippen LogP) is 2.47. The van der Waals surface area contributed by atoms with E-state index in [0.717, 1.165) is 25.9 Å². The molecule has 0 amide bonds. The van der Waals surface area contributed by atoms with E-state index in [0.29, 0.717) is 18.5 Å². The molecular formula is C16H23NO4S. The lowest BCUT2D eigenvalue weighted by atomic mass is 10.1. The van der Waals surface area contributed by atoms with Gasteiger partial charge in [-0.1, -0.05) is 12.1 Å². The Kier molecular flexibility index (Phi) is 5.72. The first-order valence-electron chi connectivity index (χ1n) is 7.60. The zero-order valence-electron chi connectivity index (χ0n) is 13.1. The van der Waals surface area contributed by atoms with Crippen molar-refractivity contribution in [2.24, 2.45) is 0 Å². The van der Waals surface area contributed by atoms with E-state index in [1.165, 1.54) is 23.4 Å². The summed E-state index contributed by atoms with van der Waals surface area (Å²) in [7, 11) is -2.00. The number of carbonyl (C=O) groups excluding carboxylic acids is 1. The van der Waals surface area contributed by atoms with Crippen LogP contribution in [0.3, 0.4) is 0 Å². The highest BCUT2D eigenvalue weighted by Gasteiger charge is 2.23. The highest BCUT2D eigenvalue weighted by molar-refractivity contribution is 7.89. The van der Waals surface area contributed by atoms with Crippen molar-refractivity contribution in [3.05, 3.63) is 29.8 Å². The zero-order valence-corrected chi connectivity index (χ0v) is 13.9. The molecule has 0 aromatic heterocycles. The molecule has 1 fully saturated rings. The molecule has 1 aromatic rings. The van der Waals surface area contributed by atoms with Crippen molar-refractivity contribution in [1.82, 2.24) is 4.31 Å². The molecule has 6 heteroatoms. The number of benzene rings is 1. The van der Waals surface area contributed by atoms with Crippen LogP contribution in [0, 0.1) is 0 Å². The number of Topliss-reactive ketones (excluding diaryl/α,β-unsaturated/α-hetero) is 1. The van der Waals surface area contributed by atoms with Gasteiger partial charge in [-0.15, -0.1) is 0 Å². The quantitative estimate of drug-likeness (QED) is 0.754. The third-order valence-corrected chi connectivity index (χ3v) is 5.84. The molecule has 0 saturated carbocycles. The maximum atomic E-state index is 12.6. The van der Waals surface area contributed by atoms with Crippen molar-refractivity contribution < 1.29 is 17.9 Å². The molecule has 22 heavy (non-hydrogen) atoms. The Morgan fingerprint density at radius 1 is 1.36 bits per heavy atom. The van der Waals surface area contributed by atoms with E-state index in [1.54, 1.807) is 19.2 Å². The summed E-state index contributed by atoms with van der Waals surface area (Å²) in [5, 5.41) is 0. The molecule has 5 nitrogen and oxygen atoms in total. The molecule has 0 spiro atoms. The minimum Gasteiger partial charge on any atom is -0.378 e. The summed E-state index contributed by atoms with van der Waals surface area (Å²) in [5.41, 5.74) is 0.407. The number of ether oxygens (including phenoxy) is 1. The van der Waals surface area contributed by atoms with Gasteiger partial charge in [-0.3, -0.25) is 4.79 Å². The highest BCUT2D eigenvalue weighted by Crippen LogP contribution is 2.19. The van der Waals surface area contributed by atoms with Crippen LogP contribution >= 0.6 is 0 Å². The van der Waals surface area contributed by atoms with Gasteiger partial charge in [0.2, 0.25) is 10.0 Å². The normalized spacial score (nSPS) is 19.3. The van der Waals surface area contributed by atoms with E-state index in [4.69, 9.17) is 4.74 Å². The van der Waals surface area contributed by atoms with Crippen LogP contribution in [0.2, 0.25) is 0 Å². The Bertz CT molecular complexity index is 621. The molecule has 1 saturated heterocycles. The van der Waals surface area contributed by atoms with Crippen LogP contribution in [-0.4, -0.2) is 44.8 Å². The van der Waals surface area contributed by atoms with Crippen molar-refractivity contribution in [3.8, 4) is 0 Å². The van der Waals surface area contributed by atoms with E-state index < -0.39 is 10.0 Å². The summed E-state index contributed by atoms with van der Waals surface area (Å²) >= 11 is 0. The van der Waals surface area contributed by atoms with E-state index in [1.807, 2.05) is 0 Å². The summed E-state index contributed by atoms with van der Waals surface area (Å²) in [6, 6.07) is 6.18. The highest BCUT2D eigenvalue weighted by atomic mass is 32.2. The summed E-state index contributed by atoms with van der Waals surface area (Å²) in [6.07, 6.45) is 4.06. The standard InChI is InChI=1S/C16H23NO4S/c1-13(18)14-6-5-8-16(12-14)22(19,20)17(2)10-9-15-7-3-4-11-21-15/h5-6,8,12,15H,3-4,7,9-11H2,1-2H3. The lowest BCUT2D eigenvalue weighted by Gasteiger charge is -2.25. The van der Waals surface area contributed by atoms with Gasteiger partial charge >= 0.3 is 0 Å². The van der Waals surface area contributed by atoms with Gasteiger partial charge in [-0.25, -0.2) is 12.7 Å². The number of sulfonamides is 1. The molecule has 0 bridgehead atoms. The Morgan fingerprint density at radius 2 is 2.14 bits per heavy atom. The van der Waals surface area contributed by atoms with Crippen LogP contribution in [-0.2, 0) is 14.8 Å². The van der Waals surface area contributed by atoms with Crippen LogP contribution < -0.4 is 0 Å². The first kappa shape index (κ1) is 17.1. The van der Waals surface area contributed by atoms with Gasteiger partial charge in [0.25, 0.3) is 0 Å². The Morgan fingerprint density at radius 3 is 2.77 bits per heavy atom. The largest absolute Gasteiger partial charge is 0.378 e. The summed E-state index contributed by atoms with van der Waals surface area (Å²) in [6.45, 7) is 2.61. The predicted molar refractivity (Wildman–Crippen MR) is 84.5 cm³/mol. The second kappa shape index (κ2) is 7.35. The van der Waals surface area contributed by atoms with Gasteiger partial charge < -0.3 is 4.74 Å². The summed E-state index contributed by atoms with van der Waals surface area (Å²) in [4.78, 5) is 11.6. The topological polar surface area (TPSA) is 63.7 Å². The van der Waals surface area contributed by atoms with Gasteiger partial charge in [-0.05, 0) is 44.7 Å². The van der Waals surface area contributed by atoms with E-state index in [2.05, 4.69) is 0 Å². The maximum absolute atomic E-state index is 12.6. The smallest absolute Gasteiger partial charge is 0.242 e. The number of rotatable bonds is 6. The average Bonchev–Trinajstić information content (AvgIpc) is 2.53. The minimum absolute atomic E-state index is 0.143. The van der Waals surface area contributed by atoms with Crippen LogP contribution in [0.15, 0.2) is 29.2 Å². The maximum Gasteiger partial charge on any atom is 0.242 e. The van der Waals surface area contributed by atoms with Crippen LogP contribution in [0.25, 0.3) is 0 Å². The Hall–Kier alpha value is -1.24. The monoisotopic (exact) mass is 325 g/mol. The average molecular weight is 325 g/mol. The Labute approximate surface area is 132 Å². The van der Waals surface area contributed by atoms with Gasteiger partial charge in [0.05, 0.1) is 11.0 Å². The van der Waals surface area contributed by atoms with Crippen molar-refractivity contribution in [1.29, 1.82) is 0 Å². The van der Waals surface area contributed by atoms with Crippen molar-refractivity contribution >= 4 is 15.8 Å².